The molecule has 0 spiro atoms. The number of quaternary nitrogens is 1. The molecule has 6 heteroatoms. The van der Waals surface area contributed by atoms with Crippen LogP contribution in [0.2, 0.25) is 0 Å². The van der Waals surface area contributed by atoms with Gasteiger partial charge in [0.25, 0.3) is 0 Å². The molecule has 0 fully saturated rings. The van der Waals surface area contributed by atoms with Gasteiger partial charge < -0.3 is 9.87 Å². The van der Waals surface area contributed by atoms with Crippen molar-refractivity contribution in [1.29, 1.82) is 0 Å². The molecular weight excluding hydrogens is 326 g/mol. The lowest BCUT2D eigenvalue weighted by Crippen LogP contribution is -2.83. The van der Waals surface area contributed by atoms with Gasteiger partial charge in [-0.25, -0.2) is 8.42 Å². The first-order chi connectivity index (χ1) is 11.4. The Kier molecular flexibility index (Phi) is 19.8. The van der Waals surface area contributed by atoms with Crippen molar-refractivity contribution in [3.05, 3.63) is 25.3 Å². The number of hydrogen-bond donors (Lipinski definition) is 1. The van der Waals surface area contributed by atoms with Gasteiger partial charge in [0.15, 0.2) is 0 Å². The van der Waals surface area contributed by atoms with E-state index in [0.29, 0.717) is 0 Å². The highest BCUT2D eigenvalue weighted by atomic mass is 32.3. The fourth-order valence-corrected chi connectivity index (χ4v) is 2.69. The summed E-state index contributed by atoms with van der Waals surface area (Å²) >= 11 is 0. The fourth-order valence-electron chi connectivity index (χ4n) is 2.40. The summed E-state index contributed by atoms with van der Waals surface area (Å²) in [7, 11) is -4.42. The molecule has 0 bridgehead atoms. The molecule has 144 valence electrons. The second-order valence-corrected chi connectivity index (χ2v) is 6.82. The topological polar surface area (TPSA) is 83.0 Å². The summed E-state index contributed by atoms with van der Waals surface area (Å²) in [5.74, 6) is 0.790. The monoisotopic (exact) mass is 363 g/mol. The summed E-state index contributed by atoms with van der Waals surface area (Å²) < 4.78 is 32.0. The molecule has 0 aliphatic rings. The van der Waals surface area contributed by atoms with Crippen molar-refractivity contribution in [3.8, 4) is 0 Å². The highest BCUT2D eigenvalue weighted by Crippen LogP contribution is 2.18. The van der Waals surface area contributed by atoms with Gasteiger partial charge in [-0.3, -0.25) is 4.18 Å². The average Bonchev–Trinajstić information content (AvgIpc) is 2.50. The van der Waals surface area contributed by atoms with Crippen molar-refractivity contribution in [1.82, 2.24) is 0 Å². The third-order valence-corrected chi connectivity index (χ3v) is 4.10. The molecule has 0 unspecified atom stereocenters. The van der Waals surface area contributed by atoms with E-state index in [4.69, 9.17) is 0 Å². The van der Waals surface area contributed by atoms with Gasteiger partial charge in [0, 0.05) is 0 Å². The van der Waals surface area contributed by atoms with Crippen LogP contribution in [0.3, 0.4) is 0 Å². The third-order valence-electron chi connectivity index (χ3n) is 3.57. The van der Waals surface area contributed by atoms with Crippen molar-refractivity contribution in [2.75, 3.05) is 19.7 Å². The van der Waals surface area contributed by atoms with Crippen LogP contribution in [0, 0.1) is 5.92 Å². The van der Waals surface area contributed by atoms with Gasteiger partial charge in [-0.2, -0.15) is 0 Å². The largest absolute Gasteiger partial charge is 0.726 e. The number of nitrogens with two attached hydrogens (primary N) is 1. The van der Waals surface area contributed by atoms with E-state index in [-0.39, 0.29) is 6.61 Å². The van der Waals surface area contributed by atoms with Crippen LogP contribution in [0.15, 0.2) is 25.3 Å². The zero-order chi connectivity index (χ0) is 18.7. The standard InChI is InChI=1S/C16H31N.C2H6O4S/c1-4-12-16(13-5-2)14-10-8-7-9-11-15-17-6-3;1-2-6-7(3,4)5/h4-5,16-17H,1-2,6-15H2,3H3;2H2,1H3,(H,3,4,5). The van der Waals surface area contributed by atoms with E-state index in [1.807, 2.05) is 0 Å². The highest BCUT2D eigenvalue weighted by Gasteiger charge is 2.04. The van der Waals surface area contributed by atoms with Crippen LogP contribution in [0.4, 0.5) is 0 Å². The maximum Gasteiger partial charge on any atom is 0.217 e. The molecule has 0 radical (unpaired) electrons. The smallest absolute Gasteiger partial charge is 0.217 e. The molecule has 2 N–H and O–H groups in total. The molecule has 0 aromatic heterocycles. The Morgan fingerprint density at radius 2 is 1.58 bits per heavy atom. The second-order valence-electron chi connectivity index (χ2n) is 5.77. The Labute approximate surface area is 149 Å². The molecule has 0 atom stereocenters. The van der Waals surface area contributed by atoms with Gasteiger partial charge in [-0.05, 0) is 51.9 Å². The molecule has 0 rings (SSSR count). The molecule has 0 aromatic rings. The van der Waals surface area contributed by atoms with E-state index < -0.39 is 10.4 Å². The van der Waals surface area contributed by atoms with Gasteiger partial charge in [-0.15, -0.1) is 13.2 Å². The normalized spacial score (nSPS) is 11.0. The first-order valence-corrected chi connectivity index (χ1v) is 10.4. The van der Waals surface area contributed by atoms with Crippen LogP contribution < -0.4 is 5.32 Å². The Morgan fingerprint density at radius 1 is 1.04 bits per heavy atom. The van der Waals surface area contributed by atoms with E-state index in [2.05, 4.69) is 41.7 Å². The molecule has 0 saturated heterocycles. The van der Waals surface area contributed by atoms with Crippen LogP contribution in [-0.4, -0.2) is 32.7 Å². The van der Waals surface area contributed by atoms with Crippen LogP contribution in [0.25, 0.3) is 0 Å². The Hall–Kier alpha value is -0.690. The first kappa shape index (κ1) is 25.5. The quantitative estimate of drug-likeness (QED) is 0.210. The predicted octanol–water partition coefficient (Wildman–Crippen LogP) is 3.16. The van der Waals surface area contributed by atoms with Crippen LogP contribution in [0.1, 0.15) is 65.2 Å². The summed E-state index contributed by atoms with van der Waals surface area (Å²) in [6, 6.07) is 0. The molecule has 0 heterocycles. The van der Waals surface area contributed by atoms with Crippen molar-refractivity contribution in [2.24, 2.45) is 5.92 Å². The lowest BCUT2D eigenvalue weighted by molar-refractivity contribution is -0.652. The predicted molar refractivity (Wildman–Crippen MR) is 99.5 cm³/mol. The lowest BCUT2D eigenvalue weighted by Gasteiger charge is -2.12. The van der Waals surface area contributed by atoms with Crippen LogP contribution in [0.5, 0.6) is 0 Å². The second kappa shape index (κ2) is 18.6. The van der Waals surface area contributed by atoms with Gasteiger partial charge in [0.2, 0.25) is 10.4 Å². The Balaban J connectivity index is 0. The van der Waals surface area contributed by atoms with E-state index in [1.165, 1.54) is 58.5 Å². The summed E-state index contributed by atoms with van der Waals surface area (Å²) in [6.45, 7) is 13.8. The fraction of sp³-hybridized carbons (Fsp3) is 0.778. The maximum atomic E-state index is 9.45. The van der Waals surface area contributed by atoms with E-state index >= 15 is 0 Å². The lowest BCUT2D eigenvalue weighted by atomic mass is 9.94. The third kappa shape index (κ3) is 23.6. The van der Waals surface area contributed by atoms with Crippen LogP contribution >= 0.6 is 0 Å². The molecule has 24 heavy (non-hydrogen) atoms. The van der Waals surface area contributed by atoms with Crippen LogP contribution in [-0.2, 0) is 14.6 Å². The number of unbranched alkanes of at least 4 members (excludes halogenated alkanes) is 4. The average molecular weight is 364 g/mol. The molecule has 0 aliphatic carbocycles. The van der Waals surface area contributed by atoms with Gasteiger partial charge in [0.05, 0.1) is 19.7 Å². The number of rotatable bonds is 15. The summed E-state index contributed by atoms with van der Waals surface area (Å²) in [6.07, 6.45) is 14.7. The Bertz CT molecular complexity index is 372. The minimum absolute atomic E-state index is 0.0914. The Morgan fingerprint density at radius 3 is 2.00 bits per heavy atom. The van der Waals surface area contributed by atoms with E-state index in [0.717, 1.165) is 18.8 Å². The van der Waals surface area contributed by atoms with Crippen molar-refractivity contribution >= 4 is 10.4 Å². The van der Waals surface area contributed by atoms with Crippen molar-refractivity contribution in [2.45, 2.75) is 65.2 Å². The summed E-state index contributed by atoms with van der Waals surface area (Å²) in [5, 5.41) is 2.39. The SMILES string of the molecule is C=CCC(CC=C)CCCCCCC[NH2+]CC.CCOS(=O)(=O)[O-]. The van der Waals surface area contributed by atoms with Gasteiger partial charge >= 0.3 is 0 Å². The van der Waals surface area contributed by atoms with Crippen molar-refractivity contribution < 1.29 is 22.5 Å². The molecule has 5 nitrogen and oxygen atoms in total. The zero-order valence-electron chi connectivity index (χ0n) is 15.5. The van der Waals surface area contributed by atoms with Gasteiger partial charge in [-0.1, -0.05) is 31.4 Å². The van der Waals surface area contributed by atoms with Crippen molar-refractivity contribution in [3.63, 3.8) is 0 Å². The number of allylic oxidation sites excluding steroid dienone is 2. The molecule has 0 aliphatic heterocycles. The molecule has 0 aromatic carbocycles. The number of hydrogen-bond acceptors (Lipinski definition) is 4. The first-order valence-electron chi connectivity index (χ1n) is 9.04. The molecule has 0 saturated carbocycles. The minimum atomic E-state index is -4.42. The summed E-state index contributed by atoms with van der Waals surface area (Å²) in [5.41, 5.74) is 0. The zero-order valence-corrected chi connectivity index (χ0v) is 16.4. The molecule has 0 amide bonds. The van der Waals surface area contributed by atoms with Gasteiger partial charge in [0.1, 0.15) is 0 Å². The van der Waals surface area contributed by atoms with E-state index in [9.17, 15) is 13.0 Å². The minimum Gasteiger partial charge on any atom is -0.726 e. The highest BCUT2D eigenvalue weighted by molar-refractivity contribution is 7.80. The van der Waals surface area contributed by atoms with E-state index in [1.54, 1.807) is 0 Å². The molecular formula is C18H37NO4S. The summed E-state index contributed by atoms with van der Waals surface area (Å²) in [4.78, 5) is 0. The maximum absolute atomic E-state index is 9.45.